The molecule has 16 heavy (non-hydrogen) atoms. The summed E-state index contributed by atoms with van der Waals surface area (Å²) in [4.78, 5) is 12.9. The molecule has 4 nitrogen and oxygen atoms in total. The first-order valence-electron chi connectivity index (χ1n) is 5.73. The molecule has 1 aliphatic rings. The van der Waals surface area contributed by atoms with Crippen molar-refractivity contribution in [3.8, 4) is 0 Å². The van der Waals surface area contributed by atoms with Crippen molar-refractivity contribution in [2.75, 3.05) is 6.54 Å². The predicted octanol–water partition coefficient (Wildman–Crippen LogP) is 2.28. The molecule has 1 saturated carbocycles. The Labute approximate surface area is 94.9 Å². The minimum absolute atomic E-state index is 0.0959. The molecule has 0 spiro atoms. The van der Waals surface area contributed by atoms with Crippen LogP contribution in [0.1, 0.15) is 38.0 Å². The third-order valence-electron chi connectivity index (χ3n) is 2.99. The Kier molecular flexibility index (Phi) is 3.29. The molecule has 0 aliphatic heterocycles. The lowest BCUT2D eigenvalue weighted by atomic mass is 10.1. The number of carboxylic acids is 1. The second-order valence-corrected chi connectivity index (χ2v) is 4.24. The molecule has 1 aliphatic carbocycles. The molecule has 1 unspecified atom stereocenters. The molecule has 1 fully saturated rings. The first kappa shape index (κ1) is 11.2. The van der Waals surface area contributed by atoms with Gasteiger partial charge < -0.3 is 9.52 Å². The molecule has 1 aromatic heterocycles. The van der Waals surface area contributed by atoms with Gasteiger partial charge in [0.1, 0.15) is 5.76 Å². The number of hydrogen-bond acceptors (Lipinski definition) is 3. The summed E-state index contributed by atoms with van der Waals surface area (Å²) in [6.07, 6.45) is 4.72. The topological polar surface area (TPSA) is 53.7 Å². The van der Waals surface area contributed by atoms with Gasteiger partial charge in [-0.05, 0) is 31.4 Å². The number of hydrogen-bond donors (Lipinski definition) is 1. The van der Waals surface area contributed by atoms with E-state index >= 15 is 0 Å². The molecular weight excluding hydrogens is 206 g/mol. The van der Waals surface area contributed by atoms with Crippen molar-refractivity contribution < 1.29 is 14.3 Å². The fraction of sp³-hybridized carbons (Fsp3) is 0.583. The van der Waals surface area contributed by atoms with Gasteiger partial charge in [0.05, 0.1) is 18.8 Å². The van der Waals surface area contributed by atoms with Gasteiger partial charge in [0.25, 0.3) is 0 Å². The summed E-state index contributed by atoms with van der Waals surface area (Å²) >= 11 is 0. The molecule has 1 N–H and O–H groups in total. The second kappa shape index (κ2) is 4.70. The fourth-order valence-electron chi connectivity index (χ4n) is 2.14. The number of rotatable bonds is 6. The van der Waals surface area contributed by atoms with Gasteiger partial charge >= 0.3 is 5.97 Å². The van der Waals surface area contributed by atoms with Gasteiger partial charge in [-0.15, -0.1) is 0 Å². The first-order chi connectivity index (χ1) is 7.72. The maximum absolute atomic E-state index is 10.9. The molecule has 1 atom stereocenters. The first-order valence-corrected chi connectivity index (χ1v) is 5.73. The van der Waals surface area contributed by atoms with E-state index < -0.39 is 5.97 Å². The van der Waals surface area contributed by atoms with E-state index in [1.807, 2.05) is 17.0 Å². The number of carboxylic acid groups (broad SMARTS) is 1. The quantitative estimate of drug-likeness (QED) is 0.803. The number of nitrogens with zero attached hydrogens (tertiary/aromatic N) is 1. The smallest absolute Gasteiger partial charge is 0.317 e. The summed E-state index contributed by atoms with van der Waals surface area (Å²) in [5.74, 6) is 0.104. The lowest BCUT2D eigenvalue weighted by Gasteiger charge is -2.27. The lowest BCUT2D eigenvalue weighted by Crippen LogP contribution is -2.35. The highest BCUT2D eigenvalue weighted by molar-refractivity contribution is 5.69. The largest absolute Gasteiger partial charge is 0.480 e. The zero-order valence-electron chi connectivity index (χ0n) is 9.43. The highest BCUT2D eigenvalue weighted by Crippen LogP contribution is 2.35. The van der Waals surface area contributed by atoms with Gasteiger partial charge in [-0.1, -0.05) is 6.92 Å². The molecule has 88 valence electrons. The third kappa shape index (κ3) is 2.44. The maximum atomic E-state index is 10.9. The van der Waals surface area contributed by atoms with Crippen molar-refractivity contribution >= 4 is 5.97 Å². The van der Waals surface area contributed by atoms with Crippen LogP contribution in [0.2, 0.25) is 0 Å². The standard InChI is InChI=1S/C12H17NO3/c1-2-10(11-4-3-7-16-11)13(8-12(14)15)9-5-6-9/h3-4,7,9-10H,2,5-6,8H2,1H3,(H,14,15). The van der Waals surface area contributed by atoms with Crippen LogP contribution in [0.15, 0.2) is 22.8 Å². The Morgan fingerprint density at radius 1 is 1.69 bits per heavy atom. The molecule has 0 amide bonds. The van der Waals surface area contributed by atoms with Gasteiger partial charge in [0, 0.05) is 6.04 Å². The highest BCUT2D eigenvalue weighted by atomic mass is 16.4. The number of carbonyl (C=O) groups is 1. The Morgan fingerprint density at radius 3 is 2.88 bits per heavy atom. The zero-order valence-corrected chi connectivity index (χ0v) is 9.43. The average Bonchev–Trinajstić information content (AvgIpc) is 2.95. The summed E-state index contributed by atoms with van der Waals surface area (Å²) in [5, 5.41) is 8.93. The summed E-state index contributed by atoms with van der Waals surface area (Å²) in [7, 11) is 0. The molecule has 0 aromatic carbocycles. The van der Waals surface area contributed by atoms with Crippen LogP contribution in [-0.2, 0) is 4.79 Å². The van der Waals surface area contributed by atoms with Crippen LogP contribution in [-0.4, -0.2) is 28.6 Å². The number of aliphatic carboxylic acids is 1. The molecule has 1 heterocycles. The molecule has 0 radical (unpaired) electrons. The Hall–Kier alpha value is -1.29. The molecular formula is C12H17NO3. The van der Waals surface area contributed by atoms with Crippen LogP contribution in [0.25, 0.3) is 0 Å². The average molecular weight is 223 g/mol. The Balaban J connectivity index is 2.12. The van der Waals surface area contributed by atoms with Crippen molar-refractivity contribution in [2.24, 2.45) is 0 Å². The van der Waals surface area contributed by atoms with E-state index in [9.17, 15) is 4.79 Å². The van der Waals surface area contributed by atoms with Gasteiger partial charge in [0.15, 0.2) is 0 Å². The molecule has 1 aromatic rings. The van der Waals surface area contributed by atoms with Crippen molar-refractivity contribution in [1.82, 2.24) is 4.90 Å². The van der Waals surface area contributed by atoms with Gasteiger partial charge in [0.2, 0.25) is 0 Å². The molecule has 0 saturated heterocycles. The van der Waals surface area contributed by atoms with E-state index in [0.717, 1.165) is 25.0 Å². The third-order valence-corrected chi connectivity index (χ3v) is 2.99. The highest BCUT2D eigenvalue weighted by Gasteiger charge is 2.36. The van der Waals surface area contributed by atoms with E-state index in [0.29, 0.717) is 6.04 Å². The van der Waals surface area contributed by atoms with Crippen LogP contribution in [0.5, 0.6) is 0 Å². The van der Waals surface area contributed by atoms with E-state index in [4.69, 9.17) is 9.52 Å². The SMILES string of the molecule is CCC(c1ccco1)N(CC(=O)O)C1CC1. The molecule has 2 rings (SSSR count). The zero-order chi connectivity index (χ0) is 11.5. The summed E-state index contributed by atoms with van der Waals surface area (Å²) in [5.41, 5.74) is 0. The van der Waals surface area contributed by atoms with E-state index in [2.05, 4.69) is 6.92 Å². The second-order valence-electron chi connectivity index (χ2n) is 4.24. The van der Waals surface area contributed by atoms with Crippen LogP contribution >= 0.6 is 0 Å². The van der Waals surface area contributed by atoms with Crippen LogP contribution in [0.3, 0.4) is 0 Å². The van der Waals surface area contributed by atoms with Crippen molar-refractivity contribution in [3.63, 3.8) is 0 Å². The minimum Gasteiger partial charge on any atom is -0.480 e. The van der Waals surface area contributed by atoms with E-state index in [1.54, 1.807) is 6.26 Å². The number of furan rings is 1. The van der Waals surface area contributed by atoms with Crippen molar-refractivity contribution in [2.45, 2.75) is 38.3 Å². The lowest BCUT2D eigenvalue weighted by molar-refractivity contribution is -0.139. The summed E-state index contributed by atoms with van der Waals surface area (Å²) in [6.45, 7) is 2.16. The van der Waals surface area contributed by atoms with Crippen molar-refractivity contribution in [3.05, 3.63) is 24.2 Å². The predicted molar refractivity (Wildman–Crippen MR) is 59.1 cm³/mol. The van der Waals surface area contributed by atoms with Crippen LogP contribution < -0.4 is 0 Å². The fourth-order valence-corrected chi connectivity index (χ4v) is 2.14. The van der Waals surface area contributed by atoms with E-state index in [1.165, 1.54) is 0 Å². The van der Waals surface area contributed by atoms with Crippen molar-refractivity contribution in [1.29, 1.82) is 0 Å². The van der Waals surface area contributed by atoms with Crippen LogP contribution in [0, 0.1) is 0 Å². The molecule has 4 heteroatoms. The van der Waals surface area contributed by atoms with E-state index in [-0.39, 0.29) is 12.6 Å². The van der Waals surface area contributed by atoms with Gasteiger partial charge in [-0.2, -0.15) is 0 Å². The summed E-state index contributed by atoms with van der Waals surface area (Å²) < 4.78 is 5.39. The minimum atomic E-state index is -0.767. The maximum Gasteiger partial charge on any atom is 0.317 e. The van der Waals surface area contributed by atoms with Crippen LogP contribution in [0.4, 0.5) is 0 Å². The monoisotopic (exact) mass is 223 g/mol. The Morgan fingerprint density at radius 2 is 2.44 bits per heavy atom. The van der Waals surface area contributed by atoms with Gasteiger partial charge in [-0.25, -0.2) is 0 Å². The normalized spacial score (nSPS) is 17.6. The Bertz CT molecular complexity index is 343. The summed E-state index contributed by atoms with van der Waals surface area (Å²) in [6, 6.07) is 4.29. The van der Waals surface area contributed by atoms with Gasteiger partial charge in [-0.3, -0.25) is 9.69 Å². The molecule has 0 bridgehead atoms.